The van der Waals surface area contributed by atoms with Gasteiger partial charge in [0.15, 0.2) is 11.6 Å². The van der Waals surface area contributed by atoms with Crippen LogP contribution >= 0.6 is 0 Å². The quantitative estimate of drug-likeness (QED) is 0.824. The van der Waals surface area contributed by atoms with E-state index in [1.54, 1.807) is 0 Å². The predicted molar refractivity (Wildman–Crippen MR) is 57.0 cm³/mol. The van der Waals surface area contributed by atoms with E-state index in [0.29, 0.717) is 23.6 Å². The molecule has 1 aromatic rings. The summed E-state index contributed by atoms with van der Waals surface area (Å²) in [5, 5.41) is 12.4. The number of rotatable bonds is 3. The fourth-order valence-electron chi connectivity index (χ4n) is 2.16. The van der Waals surface area contributed by atoms with Crippen LogP contribution in [0.2, 0.25) is 0 Å². The van der Waals surface area contributed by atoms with Gasteiger partial charge < -0.3 is 10.4 Å². The van der Waals surface area contributed by atoms with Crippen LogP contribution in [0.25, 0.3) is 0 Å². The first kappa shape index (κ1) is 11.5. The number of aliphatic hydroxyl groups is 1. The van der Waals surface area contributed by atoms with Gasteiger partial charge in [-0.1, -0.05) is 0 Å². The minimum absolute atomic E-state index is 0.251. The lowest BCUT2D eigenvalue weighted by atomic mass is 9.99. The van der Waals surface area contributed by atoms with Crippen LogP contribution in [0.1, 0.15) is 24.0 Å². The predicted octanol–water partition coefficient (Wildman–Crippen LogP) is 1.75. The summed E-state index contributed by atoms with van der Waals surface area (Å²) < 4.78 is 26.1. The molecule has 1 aliphatic rings. The lowest BCUT2D eigenvalue weighted by molar-refractivity contribution is 0.279. The Morgan fingerprint density at radius 3 is 2.50 bits per heavy atom. The molecule has 1 heterocycles. The second-order valence-corrected chi connectivity index (χ2v) is 4.19. The van der Waals surface area contributed by atoms with Crippen molar-refractivity contribution in [3.63, 3.8) is 0 Å². The van der Waals surface area contributed by atoms with Crippen LogP contribution in [-0.4, -0.2) is 17.7 Å². The third-order valence-electron chi connectivity index (χ3n) is 3.04. The summed E-state index contributed by atoms with van der Waals surface area (Å²) in [5.74, 6) is -1.74. The summed E-state index contributed by atoms with van der Waals surface area (Å²) in [7, 11) is 0. The Bertz CT molecular complexity index is 376. The molecule has 1 atom stereocenters. The molecule has 0 radical (unpaired) electrons. The number of halogens is 2. The number of benzene rings is 1. The van der Waals surface area contributed by atoms with Crippen LogP contribution in [0.4, 0.5) is 8.78 Å². The van der Waals surface area contributed by atoms with Gasteiger partial charge in [0.2, 0.25) is 0 Å². The molecule has 0 spiro atoms. The van der Waals surface area contributed by atoms with E-state index in [1.165, 1.54) is 6.07 Å². The summed E-state index contributed by atoms with van der Waals surface area (Å²) in [6, 6.07) is 2.59. The smallest absolute Gasteiger partial charge is 0.159 e. The van der Waals surface area contributed by atoms with Crippen LogP contribution in [-0.2, 0) is 13.0 Å². The maximum absolute atomic E-state index is 13.1. The molecule has 0 aromatic heterocycles. The molecule has 1 aromatic carbocycles. The van der Waals surface area contributed by atoms with E-state index >= 15 is 0 Å². The normalized spacial score (nSPS) is 20.3. The molecule has 1 fully saturated rings. The summed E-state index contributed by atoms with van der Waals surface area (Å²) in [4.78, 5) is 0. The van der Waals surface area contributed by atoms with Crippen LogP contribution in [0.3, 0.4) is 0 Å². The van der Waals surface area contributed by atoms with Crippen molar-refractivity contribution in [2.75, 3.05) is 6.54 Å². The number of hydrogen-bond donors (Lipinski definition) is 2. The van der Waals surface area contributed by atoms with E-state index in [4.69, 9.17) is 5.11 Å². The standard InChI is InChI=1S/C12H15F2NO/c13-11-5-8(4-10-2-1-3-15-10)9(7-16)6-12(11)14/h5-6,10,15-16H,1-4,7H2. The van der Waals surface area contributed by atoms with Gasteiger partial charge >= 0.3 is 0 Å². The maximum atomic E-state index is 13.1. The van der Waals surface area contributed by atoms with E-state index in [9.17, 15) is 8.78 Å². The summed E-state index contributed by atoms with van der Waals surface area (Å²) >= 11 is 0. The van der Waals surface area contributed by atoms with Crippen LogP contribution < -0.4 is 5.32 Å². The Balaban J connectivity index is 2.20. The lowest BCUT2D eigenvalue weighted by Gasteiger charge is -2.13. The number of hydrogen-bond acceptors (Lipinski definition) is 2. The van der Waals surface area contributed by atoms with Gasteiger partial charge in [-0.15, -0.1) is 0 Å². The highest BCUT2D eigenvalue weighted by Crippen LogP contribution is 2.19. The van der Waals surface area contributed by atoms with Gasteiger partial charge in [-0.05, 0) is 49.1 Å². The zero-order valence-electron chi connectivity index (χ0n) is 8.97. The molecule has 2 nitrogen and oxygen atoms in total. The molecule has 88 valence electrons. The SMILES string of the molecule is OCc1cc(F)c(F)cc1CC1CCCN1. The zero-order chi connectivity index (χ0) is 11.5. The first-order valence-electron chi connectivity index (χ1n) is 5.51. The molecule has 1 unspecified atom stereocenters. The molecule has 1 saturated heterocycles. The molecule has 4 heteroatoms. The molecule has 0 saturated carbocycles. The molecule has 0 bridgehead atoms. The molecule has 2 rings (SSSR count). The van der Waals surface area contributed by atoms with Gasteiger partial charge in [0.1, 0.15) is 0 Å². The Morgan fingerprint density at radius 2 is 1.94 bits per heavy atom. The topological polar surface area (TPSA) is 32.3 Å². The number of nitrogens with one attached hydrogen (secondary N) is 1. The molecule has 1 aliphatic heterocycles. The van der Waals surface area contributed by atoms with Gasteiger partial charge in [-0.25, -0.2) is 8.78 Å². The van der Waals surface area contributed by atoms with Crippen molar-refractivity contribution in [2.45, 2.75) is 31.9 Å². The molecule has 0 aliphatic carbocycles. The molecule has 2 N–H and O–H groups in total. The summed E-state index contributed by atoms with van der Waals surface area (Å²) in [6.45, 7) is 0.724. The largest absolute Gasteiger partial charge is 0.392 e. The van der Waals surface area contributed by atoms with Crippen molar-refractivity contribution in [1.29, 1.82) is 0 Å². The highest BCUT2D eigenvalue weighted by Gasteiger charge is 2.17. The van der Waals surface area contributed by atoms with Gasteiger partial charge in [-0.2, -0.15) is 0 Å². The van der Waals surface area contributed by atoms with Gasteiger partial charge in [0, 0.05) is 6.04 Å². The highest BCUT2D eigenvalue weighted by atomic mass is 19.2. The van der Waals surface area contributed by atoms with E-state index in [2.05, 4.69) is 5.32 Å². The maximum Gasteiger partial charge on any atom is 0.159 e. The van der Waals surface area contributed by atoms with Crippen molar-refractivity contribution in [3.8, 4) is 0 Å². The monoisotopic (exact) mass is 227 g/mol. The first-order valence-corrected chi connectivity index (χ1v) is 5.51. The molecule has 0 amide bonds. The summed E-state index contributed by atoms with van der Waals surface area (Å²) in [6.07, 6.45) is 2.81. The second kappa shape index (κ2) is 4.89. The van der Waals surface area contributed by atoms with Crippen molar-refractivity contribution in [2.24, 2.45) is 0 Å². The van der Waals surface area contributed by atoms with Gasteiger partial charge in [0.05, 0.1) is 6.61 Å². The van der Waals surface area contributed by atoms with Crippen molar-refractivity contribution >= 4 is 0 Å². The lowest BCUT2D eigenvalue weighted by Crippen LogP contribution is -2.24. The molecular formula is C12H15F2NO. The fraction of sp³-hybridized carbons (Fsp3) is 0.500. The Hall–Kier alpha value is -1.00. The third-order valence-corrected chi connectivity index (χ3v) is 3.04. The van der Waals surface area contributed by atoms with Crippen molar-refractivity contribution in [1.82, 2.24) is 5.32 Å². The average Bonchev–Trinajstić information content (AvgIpc) is 2.76. The Morgan fingerprint density at radius 1 is 1.25 bits per heavy atom. The molecular weight excluding hydrogens is 212 g/mol. The minimum atomic E-state index is -0.896. The van der Waals surface area contributed by atoms with E-state index in [0.717, 1.165) is 25.5 Å². The minimum Gasteiger partial charge on any atom is -0.392 e. The van der Waals surface area contributed by atoms with Crippen LogP contribution in [0.15, 0.2) is 12.1 Å². The summed E-state index contributed by atoms with van der Waals surface area (Å²) in [5.41, 5.74) is 1.17. The average molecular weight is 227 g/mol. The fourth-order valence-corrected chi connectivity index (χ4v) is 2.16. The van der Waals surface area contributed by atoms with Crippen LogP contribution in [0, 0.1) is 11.6 Å². The zero-order valence-corrected chi connectivity index (χ0v) is 8.97. The van der Waals surface area contributed by atoms with Gasteiger partial charge in [-0.3, -0.25) is 0 Å². The van der Waals surface area contributed by atoms with Crippen LogP contribution in [0.5, 0.6) is 0 Å². The van der Waals surface area contributed by atoms with E-state index in [-0.39, 0.29) is 6.61 Å². The van der Waals surface area contributed by atoms with Gasteiger partial charge in [0.25, 0.3) is 0 Å². The number of aliphatic hydroxyl groups excluding tert-OH is 1. The molecule has 16 heavy (non-hydrogen) atoms. The highest BCUT2D eigenvalue weighted by molar-refractivity contribution is 5.29. The van der Waals surface area contributed by atoms with Crippen molar-refractivity contribution < 1.29 is 13.9 Å². The van der Waals surface area contributed by atoms with Crippen molar-refractivity contribution in [3.05, 3.63) is 34.9 Å². The first-order chi connectivity index (χ1) is 7.70. The third kappa shape index (κ3) is 2.39. The Kier molecular flexibility index (Phi) is 3.51. The second-order valence-electron chi connectivity index (χ2n) is 4.19. The van der Waals surface area contributed by atoms with E-state index in [1.807, 2.05) is 0 Å². The Labute approximate surface area is 93.3 Å². The van der Waals surface area contributed by atoms with E-state index < -0.39 is 11.6 Å².